The minimum absolute atomic E-state index is 0.133. The largest absolute Gasteiger partial charge is 0.459 e. The zero-order valence-electron chi connectivity index (χ0n) is 13.3. The molecule has 1 aliphatic rings. The second-order valence-electron chi connectivity index (χ2n) is 5.77. The molecule has 2 heterocycles. The second-order valence-corrected chi connectivity index (χ2v) is 5.77. The highest BCUT2D eigenvalue weighted by atomic mass is 16.6. The second kappa shape index (κ2) is 6.59. The molecule has 1 aromatic heterocycles. The highest BCUT2D eigenvalue weighted by Crippen LogP contribution is 2.41. The molecule has 1 fully saturated rings. The van der Waals surface area contributed by atoms with Crippen LogP contribution in [0.25, 0.3) is 0 Å². The smallest absolute Gasteiger partial charge is 0.303 e. The quantitative estimate of drug-likeness (QED) is 0.511. The van der Waals surface area contributed by atoms with Gasteiger partial charge in [0.05, 0.1) is 22.7 Å². The molecule has 0 aliphatic carbocycles. The number of hydrogen-bond acceptors (Lipinski definition) is 7. The fraction of sp³-hybridized carbons (Fsp3) is 0.600. The molecule has 0 spiro atoms. The lowest BCUT2D eigenvalue weighted by Gasteiger charge is -2.45. The molecule has 126 valence electrons. The van der Waals surface area contributed by atoms with Gasteiger partial charge in [0.1, 0.15) is 17.9 Å². The Morgan fingerprint density at radius 1 is 1.65 bits per heavy atom. The Hall–Kier alpha value is -2.06. The van der Waals surface area contributed by atoms with Crippen molar-refractivity contribution in [2.45, 2.75) is 57.5 Å². The predicted octanol–water partition coefficient (Wildman–Crippen LogP) is 1.91. The molecular formula is C15H20N2O6. The molecule has 23 heavy (non-hydrogen) atoms. The zero-order chi connectivity index (χ0) is 17.2. The Morgan fingerprint density at radius 3 is 2.91 bits per heavy atom. The van der Waals surface area contributed by atoms with Crippen molar-refractivity contribution in [1.82, 2.24) is 4.98 Å². The molecule has 0 unspecified atom stereocenters. The molecule has 1 aromatic rings. The van der Waals surface area contributed by atoms with E-state index in [1.54, 1.807) is 6.92 Å². The lowest BCUT2D eigenvalue weighted by Crippen LogP contribution is -2.56. The van der Waals surface area contributed by atoms with E-state index < -0.39 is 34.8 Å². The number of aliphatic hydroxyl groups is 1. The van der Waals surface area contributed by atoms with Gasteiger partial charge in [-0.3, -0.25) is 19.9 Å². The first kappa shape index (κ1) is 17.3. The van der Waals surface area contributed by atoms with Crippen molar-refractivity contribution in [1.29, 1.82) is 0 Å². The SMILES string of the molecule is CC[C@H]1O[C@@H](c2ccncc2[N+](=O)[O-])C[C@@H](OC(C)=O)[C@]1(C)O. The van der Waals surface area contributed by atoms with Crippen molar-refractivity contribution in [2.24, 2.45) is 0 Å². The van der Waals surface area contributed by atoms with Crippen molar-refractivity contribution in [3.8, 4) is 0 Å². The topological polar surface area (TPSA) is 112 Å². The maximum absolute atomic E-state index is 11.3. The van der Waals surface area contributed by atoms with E-state index in [1.807, 2.05) is 6.92 Å². The fourth-order valence-electron chi connectivity index (χ4n) is 2.93. The summed E-state index contributed by atoms with van der Waals surface area (Å²) in [7, 11) is 0. The summed E-state index contributed by atoms with van der Waals surface area (Å²) < 4.78 is 11.1. The molecule has 1 aliphatic heterocycles. The third-order valence-electron chi connectivity index (χ3n) is 4.12. The van der Waals surface area contributed by atoms with Gasteiger partial charge in [-0.2, -0.15) is 0 Å². The summed E-state index contributed by atoms with van der Waals surface area (Å²) >= 11 is 0. The summed E-state index contributed by atoms with van der Waals surface area (Å²) in [6.07, 6.45) is 1.13. The number of carbonyl (C=O) groups excluding carboxylic acids is 1. The van der Waals surface area contributed by atoms with E-state index in [0.29, 0.717) is 12.0 Å². The van der Waals surface area contributed by atoms with Crippen molar-refractivity contribution in [3.05, 3.63) is 34.1 Å². The van der Waals surface area contributed by atoms with Crippen molar-refractivity contribution in [3.63, 3.8) is 0 Å². The Labute approximate surface area is 133 Å². The first-order valence-corrected chi connectivity index (χ1v) is 7.40. The fourth-order valence-corrected chi connectivity index (χ4v) is 2.93. The van der Waals surface area contributed by atoms with E-state index in [9.17, 15) is 20.0 Å². The van der Waals surface area contributed by atoms with Gasteiger partial charge in [-0.15, -0.1) is 0 Å². The van der Waals surface area contributed by atoms with Gasteiger partial charge >= 0.3 is 5.97 Å². The average molecular weight is 324 g/mol. The Kier molecular flexibility index (Phi) is 4.96. The maximum Gasteiger partial charge on any atom is 0.303 e. The Morgan fingerprint density at radius 2 is 2.35 bits per heavy atom. The van der Waals surface area contributed by atoms with Crippen molar-refractivity contribution >= 4 is 11.7 Å². The number of nitro groups is 1. The summed E-state index contributed by atoms with van der Waals surface area (Å²) in [6.45, 7) is 4.63. The summed E-state index contributed by atoms with van der Waals surface area (Å²) in [4.78, 5) is 25.7. The van der Waals surface area contributed by atoms with Gasteiger partial charge in [-0.05, 0) is 19.4 Å². The van der Waals surface area contributed by atoms with Crippen LogP contribution in [-0.4, -0.2) is 38.8 Å². The molecule has 0 saturated carbocycles. The van der Waals surface area contributed by atoms with Crippen LogP contribution in [0.4, 0.5) is 5.69 Å². The van der Waals surface area contributed by atoms with E-state index in [4.69, 9.17) is 9.47 Å². The van der Waals surface area contributed by atoms with Gasteiger partial charge in [0.2, 0.25) is 0 Å². The minimum atomic E-state index is -1.36. The van der Waals surface area contributed by atoms with Crippen LogP contribution in [0.1, 0.15) is 45.3 Å². The number of rotatable bonds is 4. The molecule has 0 amide bonds. The average Bonchev–Trinajstić information content (AvgIpc) is 2.48. The van der Waals surface area contributed by atoms with Gasteiger partial charge < -0.3 is 14.6 Å². The van der Waals surface area contributed by atoms with Crippen LogP contribution in [0, 0.1) is 10.1 Å². The molecule has 2 rings (SSSR count). The zero-order valence-corrected chi connectivity index (χ0v) is 13.3. The van der Waals surface area contributed by atoms with Crippen LogP contribution < -0.4 is 0 Å². The molecular weight excluding hydrogens is 304 g/mol. The molecule has 0 aromatic carbocycles. The number of aromatic nitrogens is 1. The highest BCUT2D eigenvalue weighted by molar-refractivity contribution is 5.66. The lowest BCUT2D eigenvalue weighted by molar-refractivity contribution is -0.387. The third kappa shape index (κ3) is 3.48. The summed E-state index contributed by atoms with van der Waals surface area (Å²) in [5.41, 5.74) is -1.16. The molecule has 8 heteroatoms. The van der Waals surface area contributed by atoms with E-state index in [1.165, 1.54) is 19.2 Å². The number of pyridine rings is 1. The first-order valence-electron chi connectivity index (χ1n) is 7.40. The predicted molar refractivity (Wildman–Crippen MR) is 79.6 cm³/mol. The van der Waals surface area contributed by atoms with Gasteiger partial charge in [0.25, 0.3) is 5.69 Å². The number of hydrogen-bond donors (Lipinski definition) is 1. The van der Waals surface area contributed by atoms with Crippen LogP contribution in [-0.2, 0) is 14.3 Å². The van der Waals surface area contributed by atoms with Gasteiger partial charge in [0.15, 0.2) is 0 Å². The molecule has 4 atom stereocenters. The molecule has 0 bridgehead atoms. The van der Waals surface area contributed by atoms with Crippen LogP contribution in [0.2, 0.25) is 0 Å². The Bertz CT molecular complexity index is 603. The molecule has 8 nitrogen and oxygen atoms in total. The number of esters is 1. The standard InChI is InChI=1S/C15H20N2O6/c1-4-13-15(3,19)14(22-9(2)18)7-12(23-13)10-5-6-16-8-11(10)17(20)21/h5-6,8,12-14,19H,4,7H2,1-3H3/t12-,13-,14-,15-/m1/s1. The number of nitrogens with zero attached hydrogens (tertiary/aromatic N) is 2. The lowest BCUT2D eigenvalue weighted by atomic mass is 9.82. The highest BCUT2D eigenvalue weighted by Gasteiger charge is 2.49. The maximum atomic E-state index is 11.3. The number of carbonyl (C=O) groups is 1. The van der Waals surface area contributed by atoms with Gasteiger partial charge in [-0.25, -0.2) is 0 Å². The van der Waals surface area contributed by atoms with E-state index in [2.05, 4.69) is 4.98 Å². The van der Waals surface area contributed by atoms with Crippen molar-refractivity contribution in [2.75, 3.05) is 0 Å². The third-order valence-corrected chi connectivity index (χ3v) is 4.12. The van der Waals surface area contributed by atoms with Crippen LogP contribution in [0.5, 0.6) is 0 Å². The molecule has 0 radical (unpaired) electrons. The van der Waals surface area contributed by atoms with Crippen LogP contribution in [0.3, 0.4) is 0 Å². The van der Waals surface area contributed by atoms with E-state index >= 15 is 0 Å². The Balaban J connectivity index is 2.37. The van der Waals surface area contributed by atoms with Gasteiger partial charge in [-0.1, -0.05) is 6.92 Å². The van der Waals surface area contributed by atoms with Gasteiger partial charge in [0, 0.05) is 19.5 Å². The molecule has 1 saturated heterocycles. The van der Waals surface area contributed by atoms with E-state index in [0.717, 1.165) is 6.20 Å². The summed E-state index contributed by atoms with van der Waals surface area (Å²) in [5, 5.41) is 21.8. The van der Waals surface area contributed by atoms with Crippen molar-refractivity contribution < 1.29 is 24.3 Å². The first-order chi connectivity index (χ1) is 10.8. The minimum Gasteiger partial charge on any atom is -0.459 e. The number of ether oxygens (including phenoxy) is 2. The van der Waals surface area contributed by atoms with Crippen LogP contribution in [0.15, 0.2) is 18.5 Å². The van der Waals surface area contributed by atoms with Crippen LogP contribution >= 0.6 is 0 Å². The normalized spacial score (nSPS) is 30.7. The summed E-state index contributed by atoms with van der Waals surface area (Å²) in [5.74, 6) is -0.519. The molecule has 1 N–H and O–H groups in total. The monoisotopic (exact) mass is 324 g/mol. The van der Waals surface area contributed by atoms with E-state index in [-0.39, 0.29) is 12.1 Å². The summed E-state index contributed by atoms with van der Waals surface area (Å²) in [6, 6.07) is 1.51.